The molecule has 2 aromatic rings. The van der Waals surface area contributed by atoms with Gasteiger partial charge in [0.1, 0.15) is 5.75 Å². The number of hydrogen-bond donors (Lipinski definition) is 2. The normalized spacial score (nSPS) is 11.2. The highest BCUT2D eigenvalue weighted by atomic mass is 35.5. The maximum Gasteiger partial charge on any atom is 0.344 e. The molecule has 2 aromatic carbocycles. The van der Waals surface area contributed by atoms with Crippen molar-refractivity contribution in [3.8, 4) is 5.75 Å². The molecular weight excluding hydrogens is 372 g/mol. The summed E-state index contributed by atoms with van der Waals surface area (Å²) in [5, 5.41) is 5.20. The number of benzene rings is 2. The second-order valence-electron chi connectivity index (χ2n) is 5.53. The first kappa shape index (κ1) is 20.3. The maximum atomic E-state index is 11.9. The predicted octanol–water partition coefficient (Wildman–Crippen LogP) is 2.68. The smallest absolute Gasteiger partial charge is 0.344 e. The summed E-state index contributed by atoms with van der Waals surface area (Å²) in [7, 11) is 0. The Balaban J connectivity index is 1.69. The highest BCUT2D eigenvalue weighted by molar-refractivity contribution is 6.30. The van der Waals surface area contributed by atoms with E-state index in [1.807, 2.05) is 30.3 Å². The van der Waals surface area contributed by atoms with E-state index in [9.17, 15) is 14.4 Å². The zero-order valence-corrected chi connectivity index (χ0v) is 15.4. The van der Waals surface area contributed by atoms with E-state index in [1.165, 1.54) is 6.92 Å². The van der Waals surface area contributed by atoms with Crippen LogP contribution in [0.4, 0.5) is 4.79 Å². The van der Waals surface area contributed by atoms with E-state index >= 15 is 0 Å². The van der Waals surface area contributed by atoms with E-state index < -0.39 is 24.0 Å². The van der Waals surface area contributed by atoms with Crippen LogP contribution in [0.1, 0.15) is 12.5 Å². The number of hydrogen-bond acceptors (Lipinski definition) is 5. The largest absolute Gasteiger partial charge is 0.482 e. The Morgan fingerprint density at radius 2 is 1.70 bits per heavy atom. The minimum atomic E-state index is -1.14. The molecule has 0 aromatic heterocycles. The van der Waals surface area contributed by atoms with Crippen molar-refractivity contribution in [3.63, 3.8) is 0 Å². The van der Waals surface area contributed by atoms with Crippen LogP contribution in [-0.2, 0) is 20.9 Å². The Kier molecular flexibility index (Phi) is 7.63. The Hall–Kier alpha value is -3.06. The second kappa shape index (κ2) is 10.2. The fourth-order valence-electron chi connectivity index (χ4n) is 1.99. The molecule has 0 radical (unpaired) electrons. The van der Waals surface area contributed by atoms with Gasteiger partial charge < -0.3 is 14.8 Å². The Morgan fingerprint density at radius 3 is 2.37 bits per heavy atom. The summed E-state index contributed by atoms with van der Waals surface area (Å²) >= 11 is 5.75. The van der Waals surface area contributed by atoms with Crippen LogP contribution in [-0.4, -0.2) is 30.6 Å². The maximum absolute atomic E-state index is 11.9. The van der Waals surface area contributed by atoms with Gasteiger partial charge in [-0.25, -0.2) is 9.59 Å². The zero-order chi connectivity index (χ0) is 19.6. The second-order valence-corrected chi connectivity index (χ2v) is 5.97. The van der Waals surface area contributed by atoms with Crippen LogP contribution >= 0.6 is 11.6 Å². The van der Waals surface area contributed by atoms with Gasteiger partial charge in [-0.1, -0.05) is 41.9 Å². The molecule has 0 aliphatic carbocycles. The first-order chi connectivity index (χ1) is 12.9. The van der Waals surface area contributed by atoms with Crippen LogP contribution in [0.15, 0.2) is 54.6 Å². The fraction of sp³-hybridized carbons (Fsp3) is 0.211. The molecule has 27 heavy (non-hydrogen) atoms. The average molecular weight is 391 g/mol. The lowest BCUT2D eigenvalue weighted by molar-refractivity contribution is -0.156. The monoisotopic (exact) mass is 390 g/mol. The molecule has 1 atom stereocenters. The first-order valence-corrected chi connectivity index (χ1v) is 8.52. The van der Waals surface area contributed by atoms with Gasteiger partial charge in [-0.3, -0.25) is 10.1 Å². The van der Waals surface area contributed by atoms with Gasteiger partial charge in [0.25, 0.3) is 5.91 Å². The van der Waals surface area contributed by atoms with Crippen LogP contribution in [0.25, 0.3) is 0 Å². The summed E-state index contributed by atoms with van der Waals surface area (Å²) in [6.45, 7) is 1.25. The number of halogens is 1. The minimum absolute atomic E-state index is 0.267. The van der Waals surface area contributed by atoms with E-state index in [-0.39, 0.29) is 13.2 Å². The number of urea groups is 1. The molecule has 0 fully saturated rings. The van der Waals surface area contributed by atoms with E-state index in [0.717, 1.165) is 5.56 Å². The summed E-state index contributed by atoms with van der Waals surface area (Å²) in [6.07, 6.45) is -1.14. The van der Waals surface area contributed by atoms with Crippen LogP contribution in [0.5, 0.6) is 5.75 Å². The molecule has 8 heteroatoms. The molecule has 0 spiro atoms. The van der Waals surface area contributed by atoms with Crippen molar-refractivity contribution in [1.82, 2.24) is 10.6 Å². The SMILES string of the molecule is CC(OC(=O)COc1ccc(Cl)cc1)C(=O)NC(=O)NCc1ccccc1. The van der Waals surface area contributed by atoms with Crippen LogP contribution in [0.2, 0.25) is 5.02 Å². The zero-order valence-electron chi connectivity index (χ0n) is 14.6. The van der Waals surface area contributed by atoms with Crippen molar-refractivity contribution in [2.45, 2.75) is 19.6 Å². The molecule has 7 nitrogen and oxygen atoms in total. The van der Waals surface area contributed by atoms with Gasteiger partial charge in [-0.05, 0) is 36.8 Å². The number of carbonyl (C=O) groups is 3. The van der Waals surface area contributed by atoms with Crippen molar-refractivity contribution in [2.24, 2.45) is 0 Å². The minimum Gasteiger partial charge on any atom is -0.482 e. The predicted molar refractivity (Wildman–Crippen MR) is 99.3 cm³/mol. The molecule has 0 bridgehead atoms. The quantitative estimate of drug-likeness (QED) is 0.709. The van der Waals surface area contributed by atoms with Crippen molar-refractivity contribution < 1.29 is 23.9 Å². The lowest BCUT2D eigenvalue weighted by Gasteiger charge is -2.14. The van der Waals surface area contributed by atoms with Crippen molar-refractivity contribution in [3.05, 3.63) is 65.2 Å². The molecule has 2 rings (SSSR count). The van der Waals surface area contributed by atoms with Gasteiger partial charge in [0.05, 0.1) is 0 Å². The summed E-state index contributed by atoms with van der Waals surface area (Å²) < 4.78 is 10.2. The number of amides is 3. The number of carbonyl (C=O) groups excluding carboxylic acids is 3. The van der Waals surface area contributed by atoms with Gasteiger partial charge in [-0.2, -0.15) is 0 Å². The van der Waals surface area contributed by atoms with Crippen LogP contribution in [0.3, 0.4) is 0 Å². The summed E-state index contributed by atoms with van der Waals surface area (Å²) in [5.41, 5.74) is 0.888. The Morgan fingerprint density at radius 1 is 1.04 bits per heavy atom. The highest BCUT2D eigenvalue weighted by Crippen LogP contribution is 2.15. The third-order valence-electron chi connectivity index (χ3n) is 3.38. The topological polar surface area (TPSA) is 93.7 Å². The summed E-state index contributed by atoms with van der Waals surface area (Å²) in [4.78, 5) is 35.4. The molecule has 1 unspecified atom stereocenters. The van der Waals surface area contributed by atoms with E-state index in [4.69, 9.17) is 21.1 Å². The molecule has 3 amide bonds. The van der Waals surface area contributed by atoms with Crippen LogP contribution < -0.4 is 15.4 Å². The van der Waals surface area contributed by atoms with Gasteiger partial charge in [0.2, 0.25) is 0 Å². The summed E-state index contributed by atoms with van der Waals surface area (Å²) in [6, 6.07) is 15.0. The number of esters is 1. The van der Waals surface area contributed by atoms with E-state index in [1.54, 1.807) is 24.3 Å². The third-order valence-corrected chi connectivity index (χ3v) is 3.63. The van der Waals surface area contributed by atoms with Gasteiger partial charge in [0.15, 0.2) is 12.7 Å². The number of ether oxygens (including phenoxy) is 2. The van der Waals surface area contributed by atoms with Crippen molar-refractivity contribution >= 4 is 29.5 Å². The first-order valence-electron chi connectivity index (χ1n) is 8.14. The number of nitrogens with one attached hydrogen (secondary N) is 2. The number of imide groups is 1. The van der Waals surface area contributed by atoms with E-state index in [2.05, 4.69) is 10.6 Å². The molecule has 0 heterocycles. The Bertz CT molecular complexity index is 780. The van der Waals surface area contributed by atoms with E-state index in [0.29, 0.717) is 10.8 Å². The van der Waals surface area contributed by atoms with Crippen molar-refractivity contribution in [1.29, 1.82) is 0 Å². The average Bonchev–Trinajstić information content (AvgIpc) is 2.66. The molecule has 2 N–H and O–H groups in total. The van der Waals surface area contributed by atoms with Crippen molar-refractivity contribution in [2.75, 3.05) is 6.61 Å². The fourth-order valence-corrected chi connectivity index (χ4v) is 2.12. The molecular formula is C19H19ClN2O5. The molecule has 0 saturated heterocycles. The molecule has 0 aliphatic rings. The lowest BCUT2D eigenvalue weighted by atomic mass is 10.2. The van der Waals surface area contributed by atoms with Gasteiger partial charge >= 0.3 is 12.0 Å². The molecule has 142 valence electrons. The third kappa shape index (κ3) is 7.37. The molecule has 0 saturated carbocycles. The Labute approximate surface area is 161 Å². The van der Waals surface area contributed by atoms with Crippen LogP contribution in [0, 0.1) is 0 Å². The lowest BCUT2D eigenvalue weighted by Crippen LogP contribution is -2.44. The number of rotatable bonds is 7. The standard InChI is InChI=1S/C19H19ClN2O5/c1-13(27-17(23)12-26-16-9-7-15(20)8-10-16)18(24)22-19(25)21-11-14-5-3-2-4-6-14/h2-10,13H,11-12H2,1H3,(H2,21,22,24,25). The summed E-state index contributed by atoms with van der Waals surface area (Å²) in [5.74, 6) is -1.04. The molecule has 0 aliphatic heterocycles. The van der Waals surface area contributed by atoms with Gasteiger partial charge in [-0.15, -0.1) is 0 Å². The highest BCUT2D eigenvalue weighted by Gasteiger charge is 2.20. The van der Waals surface area contributed by atoms with Gasteiger partial charge in [0, 0.05) is 11.6 Å².